The average molecular weight is 265 g/mol. The summed E-state index contributed by atoms with van der Waals surface area (Å²) in [5.41, 5.74) is 0.819. The third-order valence-corrected chi connectivity index (χ3v) is 2.47. The van der Waals surface area contributed by atoms with Gasteiger partial charge >= 0.3 is 0 Å². The Morgan fingerprint density at radius 3 is 2.67 bits per heavy atom. The molecular formula is C13H13ClN2O2. The fraction of sp³-hybridized carbons (Fsp3) is 0.231. The van der Waals surface area contributed by atoms with Crippen molar-refractivity contribution < 1.29 is 9.47 Å². The molecule has 0 atom stereocenters. The third-order valence-electron chi connectivity index (χ3n) is 2.28. The van der Waals surface area contributed by atoms with Crippen molar-refractivity contribution in [2.45, 2.75) is 13.5 Å². The van der Waals surface area contributed by atoms with Crippen molar-refractivity contribution in [3.8, 4) is 11.5 Å². The summed E-state index contributed by atoms with van der Waals surface area (Å²) in [5.74, 6) is 2.01. The van der Waals surface area contributed by atoms with Crippen LogP contribution in [-0.2, 0) is 6.61 Å². The van der Waals surface area contributed by atoms with Gasteiger partial charge in [0.1, 0.15) is 23.3 Å². The van der Waals surface area contributed by atoms with Crippen LogP contribution < -0.4 is 9.47 Å². The summed E-state index contributed by atoms with van der Waals surface area (Å²) in [6, 6.07) is 9.07. The van der Waals surface area contributed by atoms with E-state index in [-0.39, 0.29) is 6.61 Å². The van der Waals surface area contributed by atoms with E-state index in [0.29, 0.717) is 16.7 Å². The zero-order valence-electron chi connectivity index (χ0n) is 10.2. The first-order valence-corrected chi connectivity index (χ1v) is 5.82. The molecule has 0 aliphatic rings. The van der Waals surface area contributed by atoms with E-state index in [2.05, 4.69) is 9.97 Å². The van der Waals surface area contributed by atoms with Gasteiger partial charge in [0.15, 0.2) is 5.82 Å². The summed E-state index contributed by atoms with van der Waals surface area (Å²) in [6.07, 6.45) is 0. The van der Waals surface area contributed by atoms with Gasteiger partial charge in [0, 0.05) is 11.8 Å². The van der Waals surface area contributed by atoms with Crippen LogP contribution in [0.3, 0.4) is 0 Å². The number of aryl methyl sites for hydroxylation is 1. The molecular weight excluding hydrogens is 252 g/mol. The second kappa shape index (κ2) is 5.69. The molecule has 4 nitrogen and oxygen atoms in total. The molecule has 0 saturated carbocycles. The molecule has 0 amide bonds. The second-order valence-corrected chi connectivity index (χ2v) is 4.10. The van der Waals surface area contributed by atoms with E-state index in [1.807, 2.05) is 25.1 Å². The lowest BCUT2D eigenvalue weighted by molar-refractivity contribution is 0.293. The van der Waals surface area contributed by atoms with Crippen LogP contribution in [0.25, 0.3) is 0 Å². The highest BCUT2D eigenvalue weighted by Gasteiger charge is 2.02. The minimum Gasteiger partial charge on any atom is -0.497 e. The maximum Gasteiger partial charge on any atom is 0.167 e. The highest BCUT2D eigenvalue weighted by molar-refractivity contribution is 6.29. The van der Waals surface area contributed by atoms with Gasteiger partial charge in [0.25, 0.3) is 0 Å². The monoisotopic (exact) mass is 264 g/mol. The highest BCUT2D eigenvalue weighted by Crippen LogP contribution is 2.19. The minimum absolute atomic E-state index is 0.272. The van der Waals surface area contributed by atoms with Gasteiger partial charge in [-0.3, -0.25) is 0 Å². The van der Waals surface area contributed by atoms with Crippen LogP contribution in [-0.4, -0.2) is 17.1 Å². The largest absolute Gasteiger partial charge is 0.497 e. The smallest absolute Gasteiger partial charge is 0.167 e. The lowest BCUT2D eigenvalue weighted by atomic mass is 10.3. The molecule has 0 aliphatic heterocycles. The zero-order valence-corrected chi connectivity index (χ0v) is 10.9. The molecule has 1 heterocycles. The molecule has 0 radical (unpaired) electrons. The molecule has 0 aliphatic carbocycles. The summed E-state index contributed by atoms with van der Waals surface area (Å²) in [6.45, 7) is 2.14. The standard InChI is InChI=1S/C13H13ClN2O2/c1-9-6-12(14)16-13(15-9)8-18-11-5-3-4-10(7-11)17-2/h3-7H,8H2,1-2H3. The van der Waals surface area contributed by atoms with Gasteiger partial charge in [0.05, 0.1) is 7.11 Å². The van der Waals surface area contributed by atoms with E-state index in [1.165, 1.54) is 0 Å². The Morgan fingerprint density at radius 2 is 1.94 bits per heavy atom. The van der Waals surface area contributed by atoms with Gasteiger partial charge in [-0.15, -0.1) is 0 Å². The number of ether oxygens (including phenoxy) is 2. The predicted molar refractivity (Wildman–Crippen MR) is 69.1 cm³/mol. The molecule has 0 saturated heterocycles. The molecule has 1 aromatic heterocycles. The summed E-state index contributed by atoms with van der Waals surface area (Å²) in [7, 11) is 1.61. The SMILES string of the molecule is COc1cccc(OCc2nc(C)cc(Cl)n2)c1. The van der Waals surface area contributed by atoms with Crippen molar-refractivity contribution in [3.63, 3.8) is 0 Å². The summed E-state index contributed by atoms with van der Waals surface area (Å²) < 4.78 is 10.7. The first kappa shape index (κ1) is 12.6. The average Bonchev–Trinajstić information content (AvgIpc) is 2.35. The first-order valence-electron chi connectivity index (χ1n) is 5.44. The van der Waals surface area contributed by atoms with Crippen LogP contribution >= 0.6 is 11.6 Å². The van der Waals surface area contributed by atoms with Crippen molar-refractivity contribution in [1.82, 2.24) is 9.97 Å². The molecule has 5 heteroatoms. The Labute approximate surface area is 111 Å². The second-order valence-electron chi connectivity index (χ2n) is 3.72. The summed E-state index contributed by atoms with van der Waals surface area (Å²) >= 11 is 5.85. The number of hydrogen-bond donors (Lipinski definition) is 0. The van der Waals surface area contributed by atoms with Crippen molar-refractivity contribution in [3.05, 3.63) is 47.0 Å². The molecule has 0 spiro atoms. The number of methoxy groups -OCH3 is 1. The molecule has 0 unspecified atom stereocenters. The van der Waals surface area contributed by atoms with Crippen LogP contribution in [0.15, 0.2) is 30.3 Å². The van der Waals surface area contributed by atoms with Gasteiger partial charge < -0.3 is 9.47 Å². The number of halogens is 1. The molecule has 0 bridgehead atoms. The van der Waals surface area contributed by atoms with E-state index < -0.39 is 0 Å². The Morgan fingerprint density at radius 1 is 1.17 bits per heavy atom. The Hall–Kier alpha value is -1.81. The van der Waals surface area contributed by atoms with Crippen LogP contribution in [0.2, 0.25) is 5.15 Å². The lowest BCUT2D eigenvalue weighted by Crippen LogP contribution is -2.02. The molecule has 1 aromatic carbocycles. The van der Waals surface area contributed by atoms with Crippen LogP contribution in [0.4, 0.5) is 0 Å². The number of benzene rings is 1. The predicted octanol–water partition coefficient (Wildman–Crippen LogP) is 3.03. The molecule has 2 rings (SSSR count). The van der Waals surface area contributed by atoms with Crippen molar-refractivity contribution in [2.75, 3.05) is 7.11 Å². The van der Waals surface area contributed by atoms with E-state index >= 15 is 0 Å². The van der Waals surface area contributed by atoms with Gasteiger partial charge in [-0.2, -0.15) is 0 Å². The maximum atomic E-state index is 5.85. The summed E-state index contributed by atoms with van der Waals surface area (Å²) in [5, 5.41) is 0.423. The Bertz CT molecular complexity index is 526. The van der Waals surface area contributed by atoms with Gasteiger partial charge in [-0.05, 0) is 25.1 Å². The Balaban J connectivity index is 2.06. The number of rotatable bonds is 4. The van der Waals surface area contributed by atoms with E-state index in [0.717, 1.165) is 11.4 Å². The van der Waals surface area contributed by atoms with Gasteiger partial charge in [-0.25, -0.2) is 9.97 Å². The van der Waals surface area contributed by atoms with Crippen LogP contribution in [0.5, 0.6) is 11.5 Å². The quantitative estimate of drug-likeness (QED) is 0.796. The highest BCUT2D eigenvalue weighted by atomic mass is 35.5. The van der Waals surface area contributed by atoms with Crippen molar-refractivity contribution in [2.24, 2.45) is 0 Å². The molecule has 94 valence electrons. The zero-order chi connectivity index (χ0) is 13.0. The fourth-order valence-corrected chi connectivity index (χ4v) is 1.75. The molecule has 0 N–H and O–H groups in total. The molecule has 2 aromatic rings. The number of aromatic nitrogens is 2. The van der Waals surface area contributed by atoms with E-state index in [1.54, 1.807) is 19.2 Å². The number of nitrogens with zero attached hydrogens (tertiary/aromatic N) is 2. The van der Waals surface area contributed by atoms with Crippen molar-refractivity contribution >= 4 is 11.6 Å². The van der Waals surface area contributed by atoms with Crippen LogP contribution in [0.1, 0.15) is 11.5 Å². The molecule has 0 fully saturated rings. The van der Waals surface area contributed by atoms with E-state index in [9.17, 15) is 0 Å². The third kappa shape index (κ3) is 3.34. The van der Waals surface area contributed by atoms with Gasteiger partial charge in [0.2, 0.25) is 0 Å². The first-order chi connectivity index (χ1) is 8.67. The topological polar surface area (TPSA) is 44.2 Å². The van der Waals surface area contributed by atoms with Crippen molar-refractivity contribution in [1.29, 1.82) is 0 Å². The Kier molecular flexibility index (Phi) is 3.99. The maximum absolute atomic E-state index is 5.85. The minimum atomic E-state index is 0.272. The summed E-state index contributed by atoms with van der Waals surface area (Å²) in [4.78, 5) is 8.33. The molecule has 18 heavy (non-hydrogen) atoms. The van der Waals surface area contributed by atoms with E-state index in [4.69, 9.17) is 21.1 Å². The lowest BCUT2D eigenvalue weighted by Gasteiger charge is -2.07. The normalized spacial score (nSPS) is 10.2. The van der Waals surface area contributed by atoms with Gasteiger partial charge in [-0.1, -0.05) is 17.7 Å². The fourth-order valence-electron chi connectivity index (χ4n) is 1.49. The number of hydrogen-bond acceptors (Lipinski definition) is 4. The van der Waals surface area contributed by atoms with Crippen LogP contribution in [0, 0.1) is 6.92 Å².